The normalized spacial score (nSPS) is 24.9. The molecule has 1 aromatic rings. The van der Waals surface area contributed by atoms with Gasteiger partial charge in [0.1, 0.15) is 0 Å². The molecule has 0 radical (unpaired) electrons. The van der Waals surface area contributed by atoms with Crippen LogP contribution in [0, 0.1) is 0 Å². The molecule has 3 rings (SSSR count). The quantitative estimate of drug-likeness (QED) is 0.601. The average Bonchev–Trinajstić information content (AvgIpc) is 2.84. The van der Waals surface area contributed by atoms with Crippen molar-refractivity contribution in [2.45, 2.75) is 5.79 Å². The molecule has 2 aliphatic heterocycles. The van der Waals surface area contributed by atoms with Crippen molar-refractivity contribution in [3.8, 4) is 0 Å². The third-order valence-electron chi connectivity index (χ3n) is 3.02. The molecule has 0 saturated heterocycles. The summed E-state index contributed by atoms with van der Waals surface area (Å²) < 4.78 is 4.67. The molecule has 2 aliphatic rings. The summed E-state index contributed by atoms with van der Waals surface area (Å²) in [5, 5.41) is 9.96. The number of β-amino-alcohol motifs (C(OH)–C–C–N with tert-alkyl or cyclic N) is 1. The third-order valence-corrected chi connectivity index (χ3v) is 3.02. The Morgan fingerprint density at radius 3 is 2.16 bits per heavy atom. The topological polar surface area (TPSA) is 83.9 Å². The van der Waals surface area contributed by atoms with Crippen LogP contribution in [0.3, 0.4) is 0 Å². The summed E-state index contributed by atoms with van der Waals surface area (Å²) in [5.41, 5.74) is 0.564. The van der Waals surface area contributed by atoms with Gasteiger partial charge in [-0.15, -0.1) is 0 Å². The Labute approximate surface area is 107 Å². The molecule has 1 atom stereocenters. The predicted octanol–water partition coefficient (Wildman–Crippen LogP) is 0.0842. The van der Waals surface area contributed by atoms with E-state index in [1.165, 1.54) is 12.1 Å². The van der Waals surface area contributed by atoms with Crippen LogP contribution in [-0.4, -0.2) is 40.1 Å². The second-order valence-corrected chi connectivity index (χ2v) is 4.34. The molecule has 0 aliphatic carbocycles. The molecule has 96 valence electrons. The van der Waals surface area contributed by atoms with Gasteiger partial charge in [-0.3, -0.25) is 14.5 Å². The van der Waals surface area contributed by atoms with E-state index < -0.39 is 30.1 Å². The number of imide groups is 1. The van der Waals surface area contributed by atoms with E-state index in [0.29, 0.717) is 0 Å². The van der Waals surface area contributed by atoms with E-state index in [4.69, 9.17) is 0 Å². The second kappa shape index (κ2) is 3.76. The van der Waals surface area contributed by atoms with Gasteiger partial charge in [-0.1, -0.05) is 12.1 Å². The minimum Gasteiger partial charge on any atom is -0.424 e. The highest BCUT2D eigenvalue weighted by atomic mass is 16.7. The summed E-state index contributed by atoms with van der Waals surface area (Å²) >= 11 is 0. The van der Waals surface area contributed by atoms with E-state index >= 15 is 0 Å². The lowest BCUT2D eigenvalue weighted by Gasteiger charge is -2.24. The van der Waals surface area contributed by atoms with Gasteiger partial charge in [0.15, 0.2) is 0 Å². The maximum Gasteiger partial charge on any atom is 0.333 e. The number of amides is 2. The zero-order valence-corrected chi connectivity index (χ0v) is 9.70. The lowest BCUT2D eigenvalue weighted by molar-refractivity contribution is -0.179. The van der Waals surface area contributed by atoms with Crippen LogP contribution in [-0.2, 0) is 9.53 Å². The fourth-order valence-electron chi connectivity index (χ4n) is 2.13. The molecule has 0 aromatic heterocycles. The van der Waals surface area contributed by atoms with Crippen LogP contribution in [0.2, 0.25) is 0 Å². The van der Waals surface area contributed by atoms with Gasteiger partial charge in [-0.05, 0) is 18.2 Å². The number of nitrogens with zero attached hydrogens (tertiary/aromatic N) is 1. The van der Waals surface area contributed by atoms with Gasteiger partial charge < -0.3 is 9.84 Å². The van der Waals surface area contributed by atoms with Crippen LogP contribution in [0.5, 0.6) is 0 Å². The Balaban J connectivity index is 1.89. The fraction of sp³-hybridized carbons (Fsp3) is 0.154. The Kier molecular flexibility index (Phi) is 2.30. The van der Waals surface area contributed by atoms with Crippen molar-refractivity contribution in [3.05, 3.63) is 47.5 Å². The third kappa shape index (κ3) is 1.73. The molecule has 1 unspecified atom stereocenters. The van der Waals surface area contributed by atoms with Gasteiger partial charge in [0.25, 0.3) is 11.8 Å². The fourth-order valence-corrected chi connectivity index (χ4v) is 2.13. The number of aliphatic hydroxyl groups is 1. The number of carbonyl (C=O) groups is 3. The summed E-state index contributed by atoms with van der Waals surface area (Å²) in [6.45, 7) is -0.415. The first-order chi connectivity index (χ1) is 9.00. The van der Waals surface area contributed by atoms with Crippen molar-refractivity contribution in [1.29, 1.82) is 0 Å². The first-order valence-electron chi connectivity index (χ1n) is 5.60. The second-order valence-electron chi connectivity index (χ2n) is 4.34. The SMILES string of the molecule is O=C1C=CC(O)(CN2C(=O)c3ccccc3C2=O)O1. The molecule has 2 amide bonds. The van der Waals surface area contributed by atoms with E-state index in [-0.39, 0.29) is 11.1 Å². The van der Waals surface area contributed by atoms with Gasteiger partial charge >= 0.3 is 5.97 Å². The summed E-state index contributed by atoms with van der Waals surface area (Å²) in [5.74, 6) is -3.67. The number of rotatable bonds is 2. The standard InChI is InChI=1S/C13H9NO5/c15-10-5-6-13(18,19-10)7-14-11(16)8-3-1-2-4-9(8)12(14)17/h1-6,18H,7H2. The summed E-state index contributed by atoms with van der Waals surface area (Å²) in [6, 6.07) is 6.38. The van der Waals surface area contributed by atoms with Crippen molar-refractivity contribution < 1.29 is 24.2 Å². The summed E-state index contributed by atoms with van der Waals surface area (Å²) in [7, 11) is 0. The molecule has 0 spiro atoms. The number of cyclic esters (lactones) is 1. The first kappa shape index (κ1) is 11.6. The number of esters is 1. The Morgan fingerprint density at radius 1 is 1.11 bits per heavy atom. The molecule has 1 aromatic carbocycles. The van der Waals surface area contributed by atoms with Crippen LogP contribution in [0.25, 0.3) is 0 Å². The van der Waals surface area contributed by atoms with Crippen LogP contribution in [0.4, 0.5) is 0 Å². The number of ether oxygens (including phenoxy) is 1. The predicted molar refractivity (Wildman–Crippen MR) is 62.0 cm³/mol. The average molecular weight is 259 g/mol. The molecular weight excluding hydrogens is 250 g/mol. The Morgan fingerprint density at radius 2 is 1.68 bits per heavy atom. The van der Waals surface area contributed by atoms with Crippen molar-refractivity contribution in [2.75, 3.05) is 6.54 Å². The highest BCUT2D eigenvalue weighted by Crippen LogP contribution is 2.26. The minimum absolute atomic E-state index is 0.282. The maximum atomic E-state index is 12.0. The molecule has 0 bridgehead atoms. The zero-order valence-electron chi connectivity index (χ0n) is 9.70. The van der Waals surface area contributed by atoms with E-state index in [9.17, 15) is 19.5 Å². The van der Waals surface area contributed by atoms with Gasteiger partial charge in [-0.2, -0.15) is 0 Å². The van der Waals surface area contributed by atoms with Gasteiger partial charge in [0.05, 0.1) is 17.7 Å². The van der Waals surface area contributed by atoms with Gasteiger partial charge in [0.2, 0.25) is 5.79 Å². The van der Waals surface area contributed by atoms with Crippen molar-refractivity contribution >= 4 is 17.8 Å². The smallest absolute Gasteiger partial charge is 0.333 e. The van der Waals surface area contributed by atoms with Gasteiger partial charge in [0, 0.05) is 6.08 Å². The van der Waals surface area contributed by atoms with Crippen molar-refractivity contribution in [2.24, 2.45) is 0 Å². The van der Waals surface area contributed by atoms with E-state index in [1.807, 2.05) is 0 Å². The Bertz CT molecular complexity index is 601. The van der Waals surface area contributed by atoms with E-state index in [2.05, 4.69) is 4.74 Å². The van der Waals surface area contributed by atoms with Crippen LogP contribution < -0.4 is 0 Å². The summed E-state index contributed by atoms with van der Waals surface area (Å²) in [6.07, 6.45) is 2.18. The highest BCUT2D eigenvalue weighted by Gasteiger charge is 2.43. The number of carbonyl (C=O) groups excluding carboxylic acids is 3. The molecule has 0 saturated carbocycles. The number of fused-ring (bicyclic) bond motifs is 1. The molecular formula is C13H9NO5. The number of hydrogen-bond donors (Lipinski definition) is 1. The van der Waals surface area contributed by atoms with E-state index in [1.54, 1.807) is 12.1 Å². The van der Waals surface area contributed by atoms with E-state index in [0.717, 1.165) is 17.1 Å². The summed E-state index contributed by atoms with van der Waals surface area (Å²) in [4.78, 5) is 35.9. The van der Waals surface area contributed by atoms with Crippen molar-refractivity contribution in [3.63, 3.8) is 0 Å². The Hall–Kier alpha value is -2.47. The zero-order chi connectivity index (χ0) is 13.6. The molecule has 6 nitrogen and oxygen atoms in total. The monoisotopic (exact) mass is 259 g/mol. The lowest BCUT2D eigenvalue weighted by atomic mass is 10.1. The number of hydrogen-bond acceptors (Lipinski definition) is 5. The lowest BCUT2D eigenvalue weighted by Crippen LogP contribution is -2.45. The molecule has 19 heavy (non-hydrogen) atoms. The minimum atomic E-state index is -1.94. The molecule has 1 N–H and O–H groups in total. The number of benzene rings is 1. The first-order valence-corrected chi connectivity index (χ1v) is 5.60. The highest BCUT2D eigenvalue weighted by molar-refractivity contribution is 6.21. The van der Waals surface area contributed by atoms with Gasteiger partial charge in [-0.25, -0.2) is 4.79 Å². The largest absolute Gasteiger partial charge is 0.424 e. The molecule has 6 heteroatoms. The van der Waals surface area contributed by atoms with Crippen LogP contribution in [0.1, 0.15) is 20.7 Å². The van der Waals surface area contributed by atoms with Crippen LogP contribution in [0.15, 0.2) is 36.4 Å². The van der Waals surface area contributed by atoms with Crippen LogP contribution >= 0.6 is 0 Å². The maximum absolute atomic E-state index is 12.0. The van der Waals surface area contributed by atoms with Crippen molar-refractivity contribution in [1.82, 2.24) is 4.90 Å². The molecule has 0 fully saturated rings. The molecule has 2 heterocycles.